The zero-order valence-electron chi connectivity index (χ0n) is 11.4. The Hall–Kier alpha value is -2.66. The van der Waals surface area contributed by atoms with Crippen molar-refractivity contribution in [2.45, 2.75) is 13.1 Å². The molecule has 106 valence electrons. The monoisotopic (exact) mass is 281 g/mol. The van der Waals surface area contributed by atoms with Crippen molar-refractivity contribution >= 4 is 0 Å². The minimum atomic E-state index is 0.346. The van der Waals surface area contributed by atoms with Gasteiger partial charge >= 0.3 is 6.01 Å². The topological polar surface area (TPSA) is 60.2 Å². The first-order valence-corrected chi connectivity index (χ1v) is 6.67. The Kier molecular flexibility index (Phi) is 4.24. The number of nitrogens with one attached hydrogen (secondary N) is 1. The van der Waals surface area contributed by atoms with Crippen molar-refractivity contribution in [2.24, 2.45) is 0 Å². The molecule has 21 heavy (non-hydrogen) atoms. The van der Waals surface area contributed by atoms with E-state index in [1.165, 1.54) is 0 Å². The van der Waals surface area contributed by atoms with Gasteiger partial charge in [-0.05, 0) is 35.9 Å². The van der Waals surface area contributed by atoms with Gasteiger partial charge < -0.3 is 14.5 Å². The molecule has 0 saturated heterocycles. The fourth-order valence-electron chi connectivity index (χ4n) is 1.91. The molecule has 0 fully saturated rings. The molecule has 2 heterocycles. The van der Waals surface area contributed by atoms with E-state index in [0.717, 1.165) is 23.6 Å². The summed E-state index contributed by atoms with van der Waals surface area (Å²) in [6.07, 6.45) is 4.97. The molecule has 0 aliphatic rings. The van der Waals surface area contributed by atoms with Gasteiger partial charge in [-0.25, -0.2) is 9.97 Å². The van der Waals surface area contributed by atoms with Crippen molar-refractivity contribution < 1.29 is 9.15 Å². The molecular weight excluding hydrogens is 266 g/mol. The number of furan rings is 1. The van der Waals surface area contributed by atoms with Gasteiger partial charge in [-0.15, -0.1) is 0 Å². The average molecular weight is 281 g/mol. The van der Waals surface area contributed by atoms with E-state index in [2.05, 4.69) is 15.3 Å². The Balaban J connectivity index is 1.58. The lowest BCUT2D eigenvalue weighted by Gasteiger charge is -2.06. The molecule has 0 aliphatic heterocycles. The molecule has 0 radical (unpaired) electrons. The molecule has 5 heteroatoms. The Morgan fingerprint density at radius 2 is 1.90 bits per heavy atom. The summed E-state index contributed by atoms with van der Waals surface area (Å²) in [5.74, 6) is 1.64. The van der Waals surface area contributed by atoms with Crippen LogP contribution in [0.2, 0.25) is 0 Å². The number of hydrogen-bond donors (Lipinski definition) is 1. The first-order valence-electron chi connectivity index (χ1n) is 6.67. The fraction of sp³-hybridized carbons (Fsp3) is 0.125. The lowest BCUT2D eigenvalue weighted by molar-refractivity contribution is 0.440. The molecule has 5 nitrogen and oxygen atoms in total. The number of benzene rings is 1. The summed E-state index contributed by atoms with van der Waals surface area (Å²) in [6, 6.07) is 13.7. The third kappa shape index (κ3) is 3.90. The molecule has 0 bridgehead atoms. The summed E-state index contributed by atoms with van der Waals surface area (Å²) >= 11 is 0. The Labute approximate surface area is 122 Å². The molecule has 0 amide bonds. The van der Waals surface area contributed by atoms with E-state index < -0.39 is 0 Å². The van der Waals surface area contributed by atoms with Crippen LogP contribution in [-0.4, -0.2) is 9.97 Å². The maximum Gasteiger partial charge on any atom is 0.321 e. The SMILES string of the molecule is c1cnc(Oc2cccc(CNCc3ccco3)c2)nc1. The molecule has 0 saturated carbocycles. The van der Waals surface area contributed by atoms with E-state index in [1.54, 1.807) is 24.7 Å². The van der Waals surface area contributed by atoms with Crippen molar-refractivity contribution in [2.75, 3.05) is 0 Å². The molecule has 0 spiro atoms. The quantitative estimate of drug-likeness (QED) is 0.752. The predicted molar refractivity (Wildman–Crippen MR) is 77.8 cm³/mol. The molecule has 1 aromatic carbocycles. The summed E-state index contributed by atoms with van der Waals surface area (Å²) in [4.78, 5) is 8.08. The second-order valence-corrected chi connectivity index (χ2v) is 4.46. The smallest absolute Gasteiger partial charge is 0.321 e. The second-order valence-electron chi connectivity index (χ2n) is 4.46. The highest BCUT2D eigenvalue weighted by Gasteiger charge is 2.01. The summed E-state index contributed by atoms with van der Waals surface area (Å²) in [5, 5.41) is 3.31. The molecule has 0 unspecified atom stereocenters. The number of hydrogen-bond acceptors (Lipinski definition) is 5. The zero-order chi connectivity index (χ0) is 14.3. The average Bonchev–Trinajstić information content (AvgIpc) is 3.02. The molecule has 1 N–H and O–H groups in total. The standard InChI is InChI=1S/C16H15N3O2/c1-4-13(11-17-12-15-6-2-9-20-15)10-14(5-1)21-16-18-7-3-8-19-16/h1-10,17H,11-12H2. The van der Waals surface area contributed by atoms with Crippen LogP contribution in [0.1, 0.15) is 11.3 Å². The fourth-order valence-corrected chi connectivity index (χ4v) is 1.91. The summed E-state index contributed by atoms with van der Waals surface area (Å²) in [7, 11) is 0. The molecule has 3 aromatic rings. The highest BCUT2D eigenvalue weighted by molar-refractivity contribution is 5.30. The van der Waals surface area contributed by atoms with Gasteiger partial charge in [0.25, 0.3) is 0 Å². The lowest BCUT2D eigenvalue weighted by Crippen LogP contribution is -2.12. The summed E-state index contributed by atoms with van der Waals surface area (Å²) in [5.41, 5.74) is 1.12. The number of aromatic nitrogens is 2. The van der Waals surface area contributed by atoms with Crippen molar-refractivity contribution in [3.63, 3.8) is 0 Å². The van der Waals surface area contributed by atoms with Crippen LogP contribution in [0.3, 0.4) is 0 Å². The predicted octanol–water partition coefficient (Wildman–Crippen LogP) is 3.15. The van der Waals surface area contributed by atoms with Crippen LogP contribution in [0.5, 0.6) is 11.8 Å². The van der Waals surface area contributed by atoms with E-state index in [0.29, 0.717) is 12.6 Å². The molecule has 0 atom stereocenters. The molecule has 2 aromatic heterocycles. The summed E-state index contributed by atoms with van der Waals surface area (Å²) < 4.78 is 10.9. The first-order chi connectivity index (χ1) is 10.4. The Bertz CT molecular complexity index is 669. The van der Waals surface area contributed by atoms with Gasteiger partial charge in [-0.3, -0.25) is 0 Å². The maximum absolute atomic E-state index is 5.60. The van der Waals surface area contributed by atoms with Crippen LogP contribution >= 0.6 is 0 Å². The zero-order valence-corrected chi connectivity index (χ0v) is 11.4. The van der Waals surface area contributed by atoms with Crippen molar-refractivity contribution in [1.82, 2.24) is 15.3 Å². The van der Waals surface area contributed by atoms with Crippen molar-refractivity contribution in [3.05, 3.63) is 72.4 Å². The third-order valence-corrected chi connectivity index (χ3v) is 2.86. The largest absolute Gasteiger partial charge is 0.468 e. The van der Waals surface area contributed by atoms with Gasteiger partial charge in [-0.2, -0.15) is 0 Å². The van der Waals surface area contributed by atoms with Crippen LogP contribution < -0.4 is 10.1 Å². The maximum atomic E-state index is 5.60. The normalized spacial score (nSPS) is 10.5. The van der Waals surface area contributed by atoms with Gasteiger partial charge in [0.2, 0.25) is 0 Å². The van der Waals surface area contributed by atoms with Crippen LogP contribution in [0.4, 0.5) is 0 Å². The highest BCUT2D eigenvalue weighted by Crippen LogP contribution is 2.18. The van der Waals surface area contributed by atoms with E-state index >= 15 is 0 Å². The number of rotatable bonds is 6. The van der Waals surface area contributed by atoms with Gasteiger partial charge in [0.05, 0.1) is 12.8 Å². The van der Waals surface area contributed by atoms with Crippen LogP contribution in [-0.2, 0) is 13.1 Å². The molecule has 0 aliphatic carbocycles. The van der Waals surface area contributed by atoms with E-state index in [4.69, 9.17) is 9.15 Å². The van der Waals surface area contributed by atoms with E-state index in [1.807, 2.05) is 36.4 Å². The van der Waals surface area contributed by atoms with Crippen LogP contribution in [0, 0.1) is 0 Å². The van der Waals surface area contributed by atoms with Crippen LogP contribution in [0.15, 0.2) is 65.5 Å². The van der Waals surface area contributed by atoms with E-state index in [-0.39, 0.29) is 0 Å². The number of ether oxygens (including phenoxy) is 1. The highest BCUT2D eigenvalue weighted by atomic mass is 16.5. The molecular formula is C16H15N3O2. The van der Waals surface area contributed by atoms with Crippen molar-refractivity contribution in [3.8, 4) is 11.8 Å². The Morgan fingerprint density at radius 3 is 2.71 bits per heavy atom. The van der Waals surface area contributed by atoms with Crippen molar-refractivity contribution in [1.29, 1.82) is 0 Å². The second kappa shape index (κ2) is 6.67. The number of nitrogens with zero attached hydrogens (tertiary/aromatic N) is 2. The Morgan fingerprint density at radius 1 is 1.00 bits per heavy atom. The minimum Gasteiger partial charge on any atom is -0.468 e. The van der Waals surface area contributed by atoms with Gasteiger partial charge in [0.1, 0.15) is 11.5 Å². The van der Waals surface area contributed by atoms with E-state index in [9.17, 15) is 0 Å². The minimum absolute atomic E-state index is 0.346. The first kappa shape index (κ1) is 13.3. The third-order valence-electron chi connectivity index (χ3n) is 2.86. The van der Waals surface area contributed by atoms with Gasteiger partial charge in [0, 0.05) is 18.9 Å². The lowest BCUT2D eigenvalue weighted by atomic mass is 10.2. The molecule has 3 rings (SSSR count). The van der Waals surface area contributed by atoms with Gasteiger partial charge in [0.15, 0.2) is 0 Å². The van der Waals surface area contributed by atoms with Crippen LogP contribution in [0.25, 0.3) is 0 Å². The van der Waals surface area contributed by atoms with Gasteiger partial charge in [-0.1, -0.05) is 12.1 Å². The summed E-state index contributed by atoms with van der Waals surface area (Å²) in [6.45, 7) is 1.42.